The number of benzene rings is 1. The molecule has 0 unspecified atom stereocenters. The smallest absolute Gasteiger partial charge is 0.238 e. The Labute approximate surface area is 105 Å². The Bertz CT molecular complexity index is 506. The minimum atomic E-state index is -4.13. The van der Waals surface area contributed by atoms with Crippen LogP contribution in [0.1, 0.15) is 20.3 Å². The first kappa shape index (κ1) is 14.8. The van der Waals surface area contributed by atoms with E-state index in [0.717, 1.165) is 0 Å². The maximum absolute atomic E-state index is 13.5. The highest BCUT2D eigenvalue weighted by molar-refractivity contribution is 7.89. The van der Waals surface area contributed by atoms with Crippen molar-refractivity contribution in [3.63, 3.8) is 0 Å². The molecule has 0 fully saturated rings. The van der Waals surface area contributed by atoms with E-state index >= 15 is 0 Å². The molecule has 0 aliphatic carbocycles. The lowest BCUT2D eigenvalue weighted by Gasteiger charge is -2.10. The number of nitrogens with two attached hydrogens (primary N) is 1. The van der Waals surface area contributed by atoms with Crippen molar-refractivity contribution >= 4 is 10.0 Å². The largest absolute Gasteiger partial charge is 0.488 e. The molecule has 0 saturated carbocycles. The normalized spacial score (nSPS) is 11.9. The summed E-state index contributed by atoms with van der Waals surface area (Å²) in [6.45, 7) is 4.04. The van der Waals surface area contributed by atoms with Crippen molar-refractivity contribution in [1.82, 2.24) is 0 Å². The van der Waals surface area contributed by atoms with Crippen LogP contribution in [0.4, 0.5) is 8.78 Å². The van der Waals surface area contributed by atoms with Crippen molar-refractivity contribution in [2.75, 3.05) is 6.61 Å². The van der Waals surface area contributed by atoms with Crippen LogP contribution in [0.25, 0.3) is 0 Å². The molecule has 1 aromatic carbocycles. The van der Waals surface area contributed by atoms with Gasteiger partial charge in [0.1, 0.15) is 0 Å². The van der Waals surface area contributed by atoms with E-state index in [0.29, 0.717) is 24.5 Å². The molecule has 0 amide bonds. The molecule has 1 rings (SSSR count). The summed E-state index contributed by atoms with van der Waals surface area (Å²) >= 11 is 0. The molecule has 0 aliphatic rings. The van der Waals surface area contributed by atoms with Gasteiger partial charge >= 0.3 is 0 Å². The highest BCUT2D eigenvalue weighted by atomic mass is 32.2. The molecule has 1 aromatic rings. The summed E-state index contributed by atoms with van der Waals surface area (Å²) < 4.78 is 53.8. The van der Waals surface area contributed by atoms with Crippen LogP contribution in [-0.4, -0.2) is 15.0 Å². The van der Waals surface area contributed by atoms with Gasteiger partial charge in [-0.1, -0.05) is 13.8 Å². The number of rotatable bonds is 5. The summed E-state index contributed by atoms with van der Waals surface area (Å²) in [5.41, 5.74) is 0. The molecule has 7 heteroatoms. The average Bonchev–Trinajstić information content (AvgIpc) is 2.20. The number of halogens is 2. The SMILES string of the molecule is CC(C)CCOc1c(F)cc(S(N)(=O)=O)cc1F. The molecule has 0 heterocycles. The standard InChI is InChI=1S/C11H15F2NO3S/c1-7(2)3-4-17-11-9(12)5-8(6-10(11)13)18(14,15)16/h5-7H,3-4H2,1-2H3,(H2,14,15,16). The summed E-state index contributed by atoms with van der Waals surface area (Å²) in [6.07, 6.45) is 0.635. The Morgan fingerprint density at radius 1 is 1.28 bits per heavy atom. The third-order valence-electron chi connectivity index (χ3n) is 2.24. The summed E-state index contributed by atoms with van der Waals surface area (Å²) in [5.74, 6) is -2.41. The maximum atomic E-state index is 13.5. The van der Waals surface area contributed by atoms with Gasteiger partial charge < -0.3 is 4.74 Å². The van der Waals surface area contributed by atoms with Crippen molar-refractivity contribution < 1.29 is 21.9 Å². The molecule has 0 bridgehead atoms. The van der Waals surface area contributed by atoms with E-state index in [1.54, 1.807) is 0 Å². The van der Waals surface area contributed by atoms with Crippen molar-refractivity contribution in [2.45, 2.75) is 25.2 Å². The fraction of sp³-hybridized carbons (Fsp3) is 0.455. The Kier molecular flexibility index (Phi) is 4.64. The number of sulfonamides is 1. The fourth-order valence-electron chi connectivity index (χ4n) is 1.24. The first-order valence-electron chi connectivity index (χ1n) is 5.36. The highest BCUT2D eigenvalue weighted by Gasteiger charge is 2.17. The number of hydrogen-bond donors (Lipinski definition) is 1. The van der Waals surface area contributed by atoms with Crippen LogP contribution in [0.3, 0.4) is 0 Å². The predicted molar refractivity (Wildman–Crippen MR) is 62.7 cm³/mol. The molecular formula is C11H15F2NO3S. The van der Waals surface area contributed by atoms with E-state index in [4.69, 9.17) is 9.88 Å². The average molecular weight is 279 g/mol. The van der Waals surface area contributed by atoms with E-state index in [-0.39, 0.29) is 6.61 Å². The third-order valence-corrected chi connectivity index (χ3v) is 3.13. The lowest BCUT2D eigenvalue weighted by molar-refractivity contribution is 0.262. The van der Waals surface area contributed by atoms with Gasteiger partial charge in [0, 0.05) is 0 Å². The molecule has 4 nitrogen and oxygen atoms in total. The van der Waals surface area contributed by atoms with Gasteiger partial charge in [-0.25, -0.2) is 22.3 Å². The zero-order valence-corrected chi connectivity index (χ0v) is 10.9. The predicted octanol–water partition coefficient (Wildman–Crippen LogP) is 2.04. The molecule has 2 N–H and O–H groups in total. The first-order valence-corrected chi connectivity index (χ1v) is 6.91. The summed E-state index contributed by atoms with van der Waals surface area (Å²) in [7, 11) is -4.13. The Morgan fingerprint density at radius 3 is 2.17 bits per heavy atom. The third kappa shape index (κ3) is 3.92. The van der Waals surface area contributed by atoms with Crippen LogP contribution in [0.15, 0.2) is 17.0 Å². The zero-order valence-electron chi connectivity index (χ0n) is 10.1. The number of hydrogen-bond acceptors (Lipinski definition) is 3. The van der Waals surface area contributed by atoms with Gasteiger partial charge in [0.25, 0.3) is 0 Å². The highest BCUT2D eigenvalue weighted by Crippen LogP contribution is 2.25. The lowest BCUT2D eigenvalue weighted by Crippen LogP contribution is -2.13. The second-order valence-electron chi connectivity index (χ2n) is 4.29. The zero-order chi connectivity index (χ0) is 13.9. The molecule has 0 aliphatic heterocycles. The van der Waals surface area contributed by atoms with Gasteiger partial charge in [0.15, 0.2) is 17.4 Å². The van der Waals surface area contributed by atoms with Gasteiger partial charge in [-0.15, -0.1) is 0 Å². The molecular weight excluding hydrogens is 264 g/mol. The van der Waals surface area contributed by atoms with Gasteiger partial charge in [0.2, 0.25) is 10.0 Å². The molecule has 0 saturated heterocycles. The van der Waals surface area contributed by atoms with E-state index in [1.807, 2.05) is 13.8 Å². The van der Waals surface area contributed by atoms with Crippen LogP contribution >= 0.6 is 0 Å². The van der Waals surface area contributed by atoms with Gasteiger partial charge in [-0.05, 0) is 24.5 Å². The maximum Gasteiger partial charge on any atom is 0.238 e. The van der Waals surface area contributed by atoms with Crippen LogP contribution in [0.5, 0.6) is 5.75 Å². The summed E-state index contributed by atoms with van der Waals surface area (Å²) in [6, 6.07) is 1.28. The molecule has 102 valence electrons. The van der Waals surface area contributed by atoms with E-state index in [1.165, 1.54) is 0 Å². The minimum Gasteiger partial charge on any atom is -0.488 e. The van der Waals surface area contributed by atoms with Crippen LogP contribution in [-0.2, 0) is 10.0 Å². The van der Waals surface area contributed by atoms with Crippen LogP contribution < -0.4 is 9.88 Å². The van der Waals surface area contributed by atoms with E-state index < -0.39 is 32.3 Å². The quantitative estimate of drug-likeness (QED) is 0.896. The molecule has 0 spiro atoms. The van der Waals surface area contributed by atoms with Crippen molar-refractivity contribution in [2.24, 2.45) is 11.1 Å². The minimum absolute atomic E-state index is 0.153. The lowest BCUT2D eigenvalue weighted by atomic mass is 10.1. The van der Waals surface area contributed by atoms with Crippen molar-refractivity contribution in [3.05, 3.63) is 23.8 Å². The number of primary sulfonamides is 1. The van der Waals surface area contributed by atoms with Crippen LogP contribution in [0.2, 0.25) is 0 Å². The second-order valence-corrected chi connectivity index (χ2v) is 5.85. The van der Waals surface area contributed by atoms with Crippen LogP contribution in [0, 0.1) is 17.6 Å². The van der Waals surface area contributed by atoms with Gasteiger partial charge in [0.05, 0.1) is 11.5 Å². The summed E-state index contributed by atoms with van der Waals surface area (Å²) in [4.78, 5) is -0.617. The molecule has 0 aromatic heterocycles. The van der Waals surface area contributed by atoms with E-state index in [9.17, 15) is 17.2 Å². The number of ether oxygens (including phenoxy) is 1. The first-order chi connectivity index (χ1) is 8.21. The van der Waals surface area contributed by atoms with Gasteiger partial charge in [-0.3, -0.25) is 0 Å². The van der Waals surface area contributed by atoms with E-state index in [2.05, 4.69) is 0 Å². The summed E-state index contributed by atoms with van der Waals surface area (Å²) in [5, 5.41) is 4.78. The molecule has 0 radical (unpaired) electrons. The van der Waals surface area contributed by atoms with Crippen molar-refractivity contribution in [1.29, 1.82) is 0 Å². The fourth-order valence-corrected chi connectivity index (χ4v) is 1.77. The molecule has 18 heavy (non-hydrogen) atoms. The molecule has 0 atom stereocenters. The topological polar surface area (TPSA) is 69.4 Å². The Balaban J connectivity index is 2.95. The Hall–Kier alpha value is -1.21. The second kappa shape index (κ2) is 5.62. The monoisotopic (exact) mass is 279 g/mol. The van der Waals surface area contributed by atoms with Crippen molar-refractivity contribution in [3.8, 4) is 5.75 Å². The van der Waals surface area contributed by atoms with Gasteiger partial charge in [-0.2, -0.15) is 0 Å². The Morgan fingerprint density at radius 2 is 1.78 bits per heavy atom.